The maximum Gasteiger partial charge on any atom is 0.160 e. The zero-order valence-corrected chi connectivity index (χ0v) is 16.1. The molecule has 29 heavy (non-hydrogen) atoms. The van der Waals surface area contributed by atoms with Gasteiger partial charge in [-0.15, -0.1) is 0 Å². The van der Waals surface area contributed by atoms with Crippen molar-refractivity contribution in [2.45, 2.75) is 19.3 Å². The number of ether oxygens (including phenoxy) is 1. The van der Waals surface area contributed by atoms with Crippen LogP contribution in [0, 0.1) is 0 Å². The lowest BCUT2D eigenvalue weighted by Crippen LogP contribution is -2.07. The molecule has 0 radical (unpaired) electrons. The van der Waals surface area contributed by atoms with Gasteiger partial charge in [-0.2, -0.15) is 0 Å². The molecule has 0 aliphatic carbocycles. The second-order valence-electron chi connectivity index (χ2n) is 6.82. The van der Waals surface area contributed by atoms with Crippen LogP contribution >= 0.6 is 0 Å². The van der Waals surface area contributed by atoms with Crippen LogP contribution in [0.15, 0.2) is 73.1 Å². The van der Waals surface area contributed by atoms with Gasteiger partial charge in [0.05, 0.1) is 6.61 Å². The average Bonchev–Trinajstić information content (AvgIpc) is 2.75. The van der Waals surface area contributed by atoms with Gasteiger partial charge in [0, 0.05) is 41.4 Å². The molecule has 0 spiro atoms. The molecule has 0 fully saturated rings. The van der Waals surface area contributed by atoms with Crippen molar-refractivity contribution in [1.29, 1.82) is 0 Å². The number of fused-ring (bicyclic) bond motifs is 1. The Balaban J connectivity index is 1.83. The predicted octanol–water partition coefficient (Wildman–Crippen LogP) is 4.81. The van der Waals surface area contributed by atoms with Crippen LogP contribution in [0.5, 0.6) is 17.2 Å². The molecular formula is C24H22N2O3. The minimum atomic E-state index is -0.210. The molecule has 0 amide bonds. The fourth-order valence-corrected chi connectivity index (χ4v) is 3.59. The second-order valence-corrected chi connectivity index (χ2v) is 6.82. The number of benzene rings is 2. The van der Waals surface area contributed by atoms with E-state index in [2.05, 4.69) is 9.97 Å². The van der Waals surface area contributed by atoms with Gasteiger partial charge in [0.1, 0.15) is 11.3 Å². The van der Waals surface area contributed by atoms with E-state index in [1.165, 1.54) is 0 Å². The van der Waals surface area contributed by atoms with Crippen molar-refractivity contribution in [1.82, 2.24) is 9.97 Å². The Bertz CT molecular complexity index is 1130. The summed E-state index contributed by atoms with van der Waals surface area (Å²) in [4.78, 5) is 8.79. The maximum atomic E-state index is 11.0. The molecule has 4 rings (SSSR count). The highest BCUT2D eigenvalue weighted by Gasteiger charge is 2.22. The van der Waals surface area contributed by atoms with Crippen molar-refractivity contribution in [2.24, 2.45) is 0 Å². The third-order valence-corrected chi connectivity index (χ3v) is 4.98. The van der Waals surface area contributed by atoms with Gasteiger partial charge < -0.3 is 14.9 Å². The highest BCUT2D eigenvalue weighted by molar-refractivity contribution is 5.85. The van der Waals surface area contributed by atoms with Crippen molar-refractivity contribution < 1.29 is 14.9 Å². The topological polar surface area (TPSA) is 75.5 Å². The van der Waals surface area contributed by atoms with Gasteiger partial charge >= 0.3 is 0 Å². The highest BCUT2D eigenvalue weighted by atomic mass is 16.5. The van der Waals surface area contributed by atoms with E-state index in [0.29, 0.717) is 24.3 Å². The number of nitrogens with zero attached hydrogens (tertiary/aromatic N) is 2. The standard InChI is InChI=1S/C24H22N2O3/c1-2-29-22-11-9-17(14-21(22)27)20(15-18-7-3-4-12-25-18)19-10-8-16-6-5-13-26-23(16)24(19)28/h3-14,20,27-28H,2,15H2,1H3. The number of hydrogen-bond donors (Lipinski definition) is 2. The first-order valence-electron chi connectivity index (χ1n) is 9.59. The van der Waals surface area contributed by atoms with E-state index in [4.69, 9.17) is 4.74 Å². The van der Waals surface area contributed by atoms with Crippen molar-refractivity contribution in [3.05, 3.63) is 89.9 Å². The van der Waals surface area contributed by atoms with Crippen LogP contribution in [0.4, 0.5) is 0 Å². The molecule has 2 aromatic heterocycles. The molecular weight excluding hydrogens is 364 g/mol. The number of aromatic nitrogens is 2. The zero-order valence-electron chi connectivity index (χ0n) is 16.1. The number of aromatic hydroxyl groups is 2. The van der Waals surface area contributed by atoms with Crippen molar-refractivity contribution in [2.75, 3.05) is 6.61 Å². The summed E-state index contributed by atoms with van der Waals surface area (Å²) in [5.41, 5.74) is 3.06. The predicted molar refractivity (Wildman–Crippen MR) is 112 cm³/mol. The van der Waals surface area contributed by atoms with Gasteiger partial charge in [0.2, 0.25) is 0 Å². The number of pyridine rings is 2. The molecule has 0 saturated carbocycles. The van der Waals surface area contributed by atoms with E-state index in [-0.39, 0.29) is 17.4 Å². The third-order valence-electron chi connectivity index (χ3n) is 4.98. The second kappa shape index (κ2) is 8.19. The average molecular weight is 386 g/mol. The van der Waals surface area contributed by atoms with Gasteiger partial charge in [-0.3, -0.25) is 9.97 Å². The first-order chi connectivity index (χ1) is 14.2. The van der Waals surface area contributed by atoms with Crippen LogP contribution in [0.25, 0.3) is 10.9 Å². The van der Waals surface area contributed by atoms with Gasteiger partial charge in [-0.05, 0) is 42.8 Å². The molecule has 0 saturated heterocycles. The highest BCUT2D eigenvalue weighted by Crippen LogP contribution is 2.39. The lowest BCUT2D eigenvalue weighted by molar-refractivity contribution is 0.318. The minimum Gasteiger partial charge on any atom is -0.505 e. The van der Waals surface area contributed by atoms with Crippen LogP contribution in [-0.2, 0) is 6.42 Å². The summed E-state index contributed by atoms with van der Waals surface area (Å²) in [6, 6.07) is 18.8. The molecule has 1 atom stereocenters. The Hall–Kier alpha value is -3.60. The van der Waals surface area contributed by atoms with E-state index in [1.54, 1.807) is 24.5 Å². The molecule has 146 valence electrons. The summed E-state index contributed by atoms with van der Waals surface area (Å²) < 4.78 is 5.46. The Morgan fingerprint density at radius 2 is 1.79 bits per heavy atom. The van der Waals surface area contributed by atoms with E-state index in [1.807, 2.05) is 55.5 Å². The van der Waals surface area contributed by atoms with Gasteiger partial charge in [0.15, 0.2) is 11.5 Å². The number of rotatable bonds is 6. The lowest BCUT2D eigenvalue weighted by atomic mass is 9.86. The summed E-state index contributed by atoms with van der Waals surface area (Å²) in [5, 5.41) is 22.3. The van der Waals surface area contributed by atoms with E-state index < -0.39 is 0 Å². The van der Waals surface area contributed by atoms with Gasteiger partial charge in [0.25, 0.3) is 0 Å². The van der Waals surface area contributed by atoms with Crippen LogP contribution in [0.3, 0.4) is 0 Å². The molecule has 5 heteroatoms. The van der Waals surface area contributed by atoms with Crippen LogP contribution < -0.4 is 4.74 Å². The number of phenolic OH excluding ortho intramolecular Hbond substituents is 2. The van der Waals surface area contributed by atoms with E-state index >= 15 is 0 Å². The van der Waals surface area contributed by atoms with Crippen LogP contribution in [0.1, 0.15) is 29.7 Å². The maximum absolute atomic E-state index is 11.0. The van der Waals surface area contributed by atoms with E-state index in [0.717, 1.165) is 22.2 Å². The normalized spacial score (nSPS) is 12.0. The first kappa shape index (κ1) is 18.7. The smallest absolute Gasteiger partial charge is 0.160 e. The third kappa shape index (κ3) is 3.85. The Kier molecular flexibility index (Phi) is 5.29. The summed E-state index contributed by atoms with van der Waals surface area (Å²) in [5.74, 6) is 0.460. The molecule has 0 aliphatic heterocycles. The summed E-state index contributed by atoms with van der Waals surface area (Å²) in [6.45, 7) is 2.35. The largest absolute Gasteiger partial charge is 0.505 e. The van der Waals surface area contributed by atoms with Gasteiger partial charge in [-0.25, -0.2) is 0 Å². The molecule has 2 N–H and O–H groups in total. The van der Waals surface area contributed by atoms with Crippen molar-refractivity contribution in [3.63, 3.8) is 0 Å². The number of hydrogen-bond acceptors (Lipinski definition) is 5. The minimum absolute atomic E-state index is 0.0776. The molecule has 0 aliphatic rings. The number of phenols is 2. The summed E-state index contributed by atoms with van der Waals surface area (Å²) >= 11 is 0. The molecule has 2 heterocycles. The fourth-order valence-electron chi connectivity index (χ4n) is 3.59. The summed E-state index contributed by atoms with van der Waals surface area (Å²) in [6.07, 6.45) is 3.99. The first-order valence-corrected chi connectivity index (χ1v) is 9.59. The van der Waals surface area contributed by atoms with Gasteiger partial charge in [-0.1, -0.05) is 30.3 Å². The van der Waals surface area contributed by atoms with Crippen LogP contribution in [-0.4, -0.2) is 26.8 Å². The molecule has 1 unspecified atom stereocenters. The molecule has 4 aromatic rings. The lowest BCUT2D eigenvalue weighted by Gasteiger charge is -2.20. The zero-order chi connectivity index (χ0) is 20.2. The fraction of sp³-hybridized carbons (Fsp3) is 0.167. The Morgan fingerprint density at radius 3 is 2.55 bits per heavy atom. The quantitative estimate of drug-likeness (QED) is 0.497. The van der Waals surface area contributed by atoms with Crippen LogP contribution in [0.2, 0.25) is 0 Å². The monoisotopic (exact) mass is 386 g/mol. The molecule has 0 bridgehead atoms. The summed E-state index contributed by atoms with van der Waals surface area (Å²) in [7, 11) is 0. The van der Waals surface area contributed by atoms with E-state index in [9.17, 15) is 10.2 Å². The van der Waals surface area contributed by atoms with Crippen molar-refractivity contribution >= 4 is 10.9 Å². The molecule has 5 nitrogen and oxygen atoms in total. The Morgan fingerprint density at radius 1 is 0.931 bits per heavy atom. The SMILES string of the molecule is CCOc1ccc(C(Cc2ccccn2)c2ccc3cccnc3c2O)cc1O. The molecule has 2 aromatic carbocycles. The van der Waals surface area contributed by atoms with Crippen molar-refractivity contribution in [3.8, 4) is 17.2 Å². The Labute approximate surface area is 169 Å².